The second-order valence-electron chi connectivity index (χ2n) is 8.48. The molecule has 0 aromatic heterocycles. The number of rotatable bonds is 5. The molecule has 136 valence electrons. The quantitative estimate of drug-likeness (QED) is 0.796. The van der Waals surface area contributed by atoms with Crippen molar-refractivity contribution in [3.05, 3.63) is 35.4 Å². The molecule has 2 rings (SSSR count). The fourth-order valence-corrected chi connectivity index (χ4v) is 3.82. The minimum absolute atomic E-state index is 0.126. The van der Waals surface area contributed by atoms with Crippen molar-refractivity contribution in [2.45, 2.75) is 65.3 Å². The van der Waals surface area contributed by atoms with Crippen LogP contribution in [0.3, 0.4) is 0 Å². The van der Waals surface area contributed by atoms with Gasteiger partial charge in [0.25, 0.3) is 0 Å². The summed E-state index contributed by atoms with van der Waals surface area (Å²) in [7, 11) is 1.83. The molecule has 3 nitrogen and oxygen atoms in total. The molecule has 1 aromatic carbocycles. The minimum atomic E-state index is 0.126. The van der Waals surface area contributed by atoms with E-state index in [0.29, 0.717) is 18.1 Å². The largest absolute Gasteiger partial charge is 0.376 e. The summed E-state index contributed by atoms with van der Waals surface area (Å²) in [6.07, 6.45) is 0.748. The van der Waals surface area contributed by atoms with Gasteiger partial charge in [-0.1, -0.05) is 52.0 Å². The van der Waals surface area contributed by atoms with Crippen LogP contribution in [0.4, 0.5) is 0 Å². The molecule has 1 aromatic rings. The van der Waals surface area contributed by atoms with Gasteiger partial charge in [0.2, 0.25) is 0 Å². The van der Waals surface area contributed by atoms with Crippen molar-refractivity contribution >= 4 is 0 Å². The molecule has 1 saturated heterocycles. The molecule has 0 spiro atoms. The monoisotopic (exact) mass is 333 g/mol. The Morgan fingerprint density at radius 3 is 2.38 bits per heavy atom. The van der Waals surface area contributed by atoms with Crippen molar-refractivity contribution in [2.75, 3.05) is 26.7 Å². The first-order valence-corrected chi connectivity index (χ1v) is 9.21. The summed E-state index contributed by atoms with van der Waals surface area (Å²) in [6, 6.07) is 8.89. The predicted molar refractivity (Wildman–Crippen MR) is 101 cm³/mol. The molecule has 3 heteroatoms. The van der Waals surface area contributed by atoms with Gasteiger partial charge in [-0.15, -0.1) is 0 Å². The zero-order valence-electron chi connectivity index (χ0n) is 16.5. The highest BCUT2D eigenvalue weighted by molar-refractivity contribution is 5.30. The van der Waals surface area contributed by atoms with E-state index in [4.69, 9.17) is 9.47 Å². The van der Waals surface area contributed by atoms with E-state index in [1.54, 1.807) is 0 Å². The molecule has 0 bridgehead atoms. The molecule has 0 saturated carbocycles. The molecular weight excluding hydrogens is 298 g/mol. The maximum atomic E-state index is 5.90. The van der Waals surface area contributed by atoms with Gasteiger partial charge in [-0.3, -0.25) is 4.90 Å². The third kappa shape index (κ3) is 5.05. The highest BCUT2D eigenvalue weighted by atomic mass is 16.5. The van der Waals surface area contributed by atoms with Crippen molar-refractivity contribution in [3.63, 3.8) is 0 Å². The van der Waals surface area contributed by atoms with E-state index in [-0.39, 0.29) is 11.5 Å². The predicted octanol–water partition coefficient (Wildman–Crippen LogP) is 4.42. The van der Waals surface area contributed by atoms with Gasteiger partial charge in [0.15, 0.2) is 0 Å². The van der Waals surface area contributed by atoms with Gasteiger partial charge < -0.3 is 9.47 Å². The van der Waals surface area contributed by atoms with Crippen LogP contribution in [0.5, 0.6) is 0 Å². The fourth-order valence-electron chi connectivity index (χ4n) is 3.82. The summed E-state index contributed by atoms with van der Waals surface area (Å²) in [4.78, 5) is 2.52. The van der Waals surface area contributed by atoms with Gasteiger partial charge in [0.05, 0.1) is 18.3 Å². The molecule has 4 unspecified atom stereocenters. The number of hydrogen-bond acceptors (Lipinski definition) is 3. The Balaban J connectivity index is 2.10. The Hall–Kier alpha value is -0.900. The van der Waals surface area contributed by atoms with Crippen LogP contribution < -0.4 is 0 Å². The van der Waals surface area contributed by atoms with E-state index in [9.17, 15) is 0 Å². The van der Waals surface area contributed by atoms with Crippen LogP contribution in [0.25, 0.3) is 0 Å². The Bertz CT molecular complexity index is 513. The van der Waals surface area contributed by atoms with Crippen molar-refractivity contribution in [1.82, 2.24) is 4.90 Å². The van der Waals surface area contributed by atoms with Gasteiger partial charge in [-0.2, -0.15) is 0 Å². The molecule has 0 radical (unpaired) electrons. The molecule has 0 amide bonds. The highest BCUT2D eigenvalue weighted by Crippen LogP contribution is 2.30. The number of nitrogens with zero attached hydrogens (tertiary/aromatic N) is 1. The van der Waals surface area contributed by atoms with Crippen LogP contribution in [0.15, 0.2) is 24.3 Å². The number of benzene rings is 1. The number of hydrogen-bond donors (Lipinski definition) is 0. The lowest BCUT2D eigenvalue weighted by Gasteiger charge is -2.38. The molecule has 1 aliphatic rings. The molecule has 24 heavy (non-hydrogen) atoms. The van der Waals surface area contributed by atoms with Crippen LogP contribution in [0.1, 0.15) is 58.8 Å². The van der Waals surface area contributed by atoms with E-state index in [0.717, 1.165) is 19.6 Å². The first kappa shape index (κ1) is 19.4. The van der Waals surface area contributed by atoms with Crippen molar-refractivity contribution in [3.8, 4) is 0 Å². The van der Waals surface area contributed by atoms with E-state index in [1.165, 1.54) is 11.1 Å². The van der Waals surface area contributed by atoms with Gasteiger partial charge in [-0.05, 0) is 36.3 Å². The Morgan fingerprint density at radius 1 is 1.21 bits per heavy atom. The van der Waals surface area contributed by atoms with Crippen LogP contribution in [0, 0.1) is 5.92 Å². The summed E-state index contributed by atoms with van der Waals surface area (Å²) in [5.41, 5.74) is 2.81. The van der Waals surface area contributed by atoms with E-state index in [2.05, 4.69) is 70.7 Å². The topological polar surface area (TPSA) is 21.7 Å². The first-order chi connectivity index (χ1) is 11.2. The lowest BCUT2D eigenvalue weighted by molar-refractivity contribution is -0.0770. The molecule has 1 aliphatic heterocycles. The Kier molecular flexibility index (Phi) is 6.46. The lowest BCUT2D eigenvalue weighted by atomic mass is 9.84. The summed E-state index contributed by atoms with van der Waals surface area (Å²) < 4.78 is 11.8. The van der Waals surface area contributed by atoms with Crippen LogP contribution in [0.2, 0.25) is 0 Å². The zero-order chi connectivity index (χ0) is 17.9. The summed E-state index contributed by atoms with van der Waals surface area (Å²) in [5, 5.41) is 0. The maximum absolute atomic E-state index is 5.90. The number of morpholine rings is 1. The van der Waals surface area contributed by atoms with Crippen LogP contribution in [-0.4, -0.2) is 43.9 Å². The average Bonchev–Trinajstić information content (AvgIpc) is 2.46. The van der Waals surface area contributed by atoms with Crippen molar-refractivity contribution in [2.24, 2.45) is 5.92 Å². The van der Waals surface area contributed by atoms with Gasteiger partial charge in [0, 0.05) is 26.7 Å². The molecule has 1 fully saturated rings. The Morgan fingerprint density at radius 2 is 1.83 bits per heavy atom. The summed E-state index contributed by atoms with van der Waals surface area (Å²) in [5.74, 6) is 0.433. The summed E-state index contributed by atoms with van der Waals surface area (Å²) >= 11 is 0. The first-order valence-electron chi connectivity index (χ1n) is 9.21. The maximum Gasteiger partial charge on any atom is 0.0858 e. The van der Waals surface area contributed by atoms with Crippen LogP contribution >= 0.6 is 0 Å². The average molecular weight is 334 g/mol. The minimum Gasteiger partial charge on any atom is -0.376 e. The summed E-state index contributed by atoms with van der Waals surface area (Å²) in [6.45, 7) is 16.4. The highest BCUT2D eigenvalue weighted by Gasteiger charge is 2.27. The second-order valence-corrected chi connectivity index (χ2v) is 8.48. The molecule has 1 heterocycles. The molecular formula is C21H35NO2. The van der Waals surface area contributed by atoms with Gasteiger partial charge in [0.1, 0.15) is 0 Å². The standard InChI is InChI=1S/C21H35NO2/c1-15(12-22-13-16(2)24-17(3)14-22)20(23-7)18-9-8-10-19(11-18)21(4,5)6/h8-11,15-17,20H,12-14H2,1-7H3. The third-order valence-corrected chi connectivity index (χ3v) is 4.89. The number of ether oxygens (including phenoxy) is 2. The lowest BCUT2D eigenvalue weighted by Crippen LogP contribution is -2.47. The van der Waals surface area contributed by atoms with E-state index in [1.807, 2.05) is 7.11 Å². The Labute approximate surface area is 148 Å². The molecule has 0 aliphatic carbocycles. The molecule has 0 N–H and O–H groups in total. The van der Waals surface area contributed by atoms with Crippen LogP contribution in [-0.2, 0) is 14.9 Å². The van der Waals surface area contributed by atoms with Gasteiger partial charge >= 0.3 is 0 Å². The molecule has 4 atom stereocenters. The SMILES string of the molecule is COC(c1cccc(C(C)(C)C)c1)C(C)CN1CC(C)OC(C)C1. The normalized spacial score (nSPS) is 25.5. The van der Waals surface area contributed by atoms with Crippen molar-refractivity contribution < 1.29 is 9.47 Å². The second kappa shape index (κ2) is 7.99. The zero-order valence-corrected chi connectivity index (χ0v) is 16.5. The fraction of sp³-hybridized carbons (Fsp3) is 0.714. The third-order valence-electron chi connectivity index (χ3n) is 4.89. The van der Waals surface area contributed by atoms with E-state index >= 15 is 0 Å². The van der Waals surface area contributed by atoms with Crippen molar-refractivity contribution in [1.29, 1.82) is 0 Å². The number of methoxy groups -OCH3 is 1. The van der Waals surface area contributed by atoms with E-state index < -0.39 is 0 Å². The van der Waals surface area contributed by atoms with Gasteiger partial charge in [-0.25, -0.2) is 0 Å². The smallest absolute Gasteiger partial charge is 0.0858 e.